The summed E-state index contributed by atoms with van der Waals surface area (Å²) in [6.45, 7) is 4.51. The molecule has 2 aliphatic heterocycles. The number of hydrogen-bond donors (Lipinski definition) is 1. The van der Waals surface area contributed by atoms with Gasteiger partial charge in [0, 0.05) is 19.0 Å². The van der Waals surface area contributed by atoms with E-state index in [0.29, 0.717) is 51.3 Å². The molecule has 2 aliphatic rings. The van der Waals surface area contributed by atoms with Crippen molar-refractivity contribution < 1.29 is 18.7 Å². The SMILES string of the molecule is Cc1ccc([C@@H]2Cn3cnc(C(=O)N4CCC(C(=O)NCc5ccco5)CC4)c3CO2)cc1. The lowest BCUT2D eigenvalue weighted by atomic mass is 9.95. The van der Waals surface area contributed by atoms with Gasteiger partial charge in [0.15, 0.2) is 5.69 Å². The van der Waals surface area contributed by atoms with Crippen LogP contribution in [0.4, 0.5) is 0 Å². The number of aromatic nitrogens is 2. The summed E-state index contributed by atoms with van der Waals surface area (Å²) in [5.74, 6) is 0.551. The van der Waals surface area contributed by atoms with Crippen molar-refractivity contribution in [2.45, 2.75) is 45.6 Å². The van der Waals surface area contributed by atoms with Crippen molar-refractivity contribution in [3.63, 3.8) is 0 Å². The summed E-state index contributed by atoms with van der Waals surface area (Å²) in [4.78, 5) is 31.9. The van der Waals surface area contributed by atoms with Gasteiger partial charge < -0.3 is 23.9 Å². The summed E-state index contributed by atoms with van der Waals surface area (Å²) in [6.07, 6.45) is 4.55. The molecule has 3 aromatic rings. The number of piperidine rings is 1. The Labute approximate surface area is 192 Å². The maximum Gasteiger partial charge on any atom is 0.274 e. The number of ether oxygens (including phenoxy) is 1. The van der Waals surface area contributed by atoms with Crippen LogP contribution in [0, 0.1) is 12.8 Å². The fraction of sp³-hybridized carbons (Fsp3) is 0.400. The number of benzene rings is 1. The van der Waals surface area contributed by atoms with Crippen LogP contribution in [0.1, 0.15) is 52.0 Å². The standard InChI is InChI=1S/C25H28N4O4/c1-17-4-6-18(7-5-17)22-14-29-16-27-23(21(29)15-33-22)25(31)28-10-8-19(9-11-28)24(30)26-13-20-3-2-12-32-20/h2-7,12,16,19,22H,8-11,13-15H2,1H3,(H,26,30)/t22-/m0/s1. The van der Waals surface area contributed by atoms with E-state index in [-0.39, 0.29) is 23.8 Å². The number of furan rings is 1. The minimum absolute atomic E-state index is 0.00779. The Morgan fingerprint density at radius 2 is 1.94 bits per heavy atom. The molecule has 0 saturated carbocycles. The molecule has 1 atom stereocenters. The highest BCUT2D eigenvalue weighted by Crippen LogP contribution is 2.29. The number of imidazole rings is 1. The third-order valence-electron chi connectivity index (χ3n) is 6.55. The maximum absolute atomic E-state index is 13.2. The zero-order valence-electron chi connectivity index (χ0n) is 18.7. The van der Waals surface area contributed by atoms with Crippen molar-refractivity contribution in [2.24, 2.45) is 5.92 Å². The highest BCUT2D eigenvalue weighted by atomic mass is 16.5. The number of hydrogen-bond acceptors (Lipinski definition) is 5. The van der Waals surface area contributed by atoms with Crippen molar-refractivity contribution in [1.82, 2.24) is 19.8 Å². The maximum atomic E-state index is 13.2. The fourth-order valence-electron chi connectivity index (χ4n) is 4.51. The van der Waals surface area contributed by atoms with Crippen LogP contribution in [0.5, 0.6) is 0 Å². The number of amides is 2. The number of rotatable bonds is 5. The number of fused-ring (bicyclic) bond motifs is 1. The fourth-order valence-corrected chi connectivity index (χ4v) is 4.51. The molecular formula is C25H28N4O4. The summed E-state index contributed by atoms with van der Waals surface area (Å²) in [7, 11) is 0. The van der Waals surface area contributed by atoms with Gasteiger partial charge in [0.1, 0.15) is 11.9 Å². The van der Waals surface area contributed by atoms with Gasteiger partial charge >= 0.3 is 0 Å². The van der Waals surface area contributed by atoms with Gasteiger partial charge in [0.25, 0.3) is 5.91 Å². The number of nitrogens with zero attached hydrogens (tertiary/aromatic N) is 3. The lowest BCUT2D eigenvalue weighted by Crippen LogP contribution is -2.43. The minimum Gasteiger partial charge on any atom is -0.467 e. The second-order valence-corrected chi connectivity index (χ2v) is 8.77. The molecule has 1 aromatic carbocycles. The van der Waals surface area contributed by atoms with Gasteiger partial charge in [0.05, 0.1) is 38.0 Å². The first-order valence-corrected chi connectivity index (χ1v) is 11.4. The predicted molar refractivity (Wildman–Crippen MR) is 120 cm³/mol. The van der Waals surface area contributed by atoms with Gasteiger partial charge in [-0.05, 0) is 37.5 Å². The van der Waals surface area contributed by atoms with Gasteiger partial charge in [-0.25, -0.2) is 4.98 Å². The van der Waals surface area contributed by atoms with Crippen molar-refractivity contribution in [3.05, 3.63) is 77.3 Å². The lowest BCUT2D eigenvalue weighted by molar-refractivity contribution is -0.126. The lowest BCUT2D eigenvalue weighted by Gasteiger charge is -2.31. The third-order valence-corrected chi connectivity index (χ3v) is 6.55. The van der Waals surface area contributed by atoms with Gasteiger partial charge in [-0.3, -0.25) is 9.59 Å². The molecule has 0 aliphatic carbocycles. The Bertz CT molecular complexity index is 1110. The summed E-state index contributed by atoms with van der Waals surface area (Å²) in [6, 6.07) is 12.0. The number of aryl methyl sites for hydroxylation is 1. The molecular weight excluding hydrogens is 420 g/mol. The highest BCUT2D eigenvalue weighted by Gasteiger charge is 2.32. The molecule has 33 heavy (non-hydrogen) atoms. The van der Waals surface area contributed by atoms with Crippen molar-refractivity contribution >= 4 is 11.8 Å². The molecule has 5 rings (SSSR count). The Hall–Kier alpha value is -3.39. The van der Waals surface area contributed by atoms with Crippen LogP contribution < -0.4 is 5.32 Å². The molecule has 1 N–H and O–H groups in total. The monoisotopic (exact) mass is 448 g/mol. The van der Waals surface area contributed by atoms with E-state index in [4.69, 9.17) is 9.15 Å². The van der Waals surface area contributed by atoms with Gasteiger partial charge in [-0.1, -0.05) is 29.8 Å². The minimum atomic E-state index is -0.0986. The van der Waals surface area contributed by atoms with Crippen molar-refractivity contribution in [2.75, 3.05) is 13.1 Å². The molecule has 1 fully saturated rings. The van der Waals surface area contributed by atoms with E-state index in [1.807, 2.05) is 10.6 Å². The van der Waals surface area contributed by atoms with E-state index < -0.39 is 0 Å². The van der Waals surface area contributed by atoms with Gasteiger partial charge in [-0.2, -0.15) is 0 Å². The van der Waals surface area contributed by atoms with Gasteiger partial charge in [0.2, 0.25) is 5.91 Å². The highest BCUT2D eigenvalue weighted by molar-refractivity contribution is 5.93. The van der Waals surface area contributed by atoms with E-state index >= 15 is 0 Å². The number of carbonyl (C=O) groups excluding carboxylic acids is 2. The van der Waals surface area contributed by atoms with E-state index in [0.717, 1.165) is 17.0 Å². The van der Waals surface area contributed by atoms with Crippen LogP contribution in [0.3, 0.4) is 0 Å². The molecule has 0 spiro atoms. The molecule has 8 heteroatoms. The first-order valence-electron chi connectivity index (χ1n) is 11.4. The number of carbonyl (C=O) groups is 2. The second-order valence-electron chi connectivity index (χ2n) is 8.77. The molecule has 2 aromatic heterocycles. The predicted octanol–water partition coefficient (Wildman–Crippen LogP) is 3.22. The van der Waals surface area contributed by atoms with Crippen molar-refractivity contribution in [3.8, 4) is 0 Å². The summed E-state index contributed by atoms with van der Waals surface area (Å²) >= 11 is 0. The van der Waals surface area contributed by atoms with Crippen LogP contribution in [0.2, 0.25) is 0 Å². The Morgan fingerprint density at radius 1 is 1.15 bits per heavy atom. The largest absolute Gasteiger partial charge is 0.467 e. The first-order chi connectivity index (χ1) is 16.1. The van der Waals surface area contributed by atoms with Crippen LogP contribution in [-0.2, 0) is 29.2 Å². The quantitative estimate of drug-likeness (QED) is 0.647. The summed E-state index contributed by atoms with van der Waals surface area (Å²) < 4.78 is 13.4. The molecule has 0 unspecified atom stereocenters. The molecule has 0 bridgehead atoms. The van der Waals surface area contributed by atoms with Crippen LogP contribution >= 0.6 is 0 Å². The molecule has 0 radical (unpaired) electrons. The number of nitrogens with one attached hydrogen (secondary N) is 1. The van der Waals surface area contributed by atoms with Crippen LogP contribution in [0.25, 0.3) is 0 Å². The van der Waals surface area contributed by atoms with Crippen LogP contribution in [0.15, 0.2) is 53.4 Å². The second kappa shape index (κ2) is 9.23. The average molecular weight is 449 g/mol. The van der Waals surface area contributed by atoms with E-state index in [9.17, 15) is 9.59 Å². The summed E-state index contributed by atoms with van der Waals surface area (Å²) in [5.41, 5.74) is 3.62. The van der Waals surface area contributed by atoms with E-state index in [1.54, 1.807) is 23.6 Å². The normalized spacial score (nSPS) is 18.7. The van der Waals surface area contributed by atoms with Crippen molar-refractivity contribution in [1.29, 1.82) is 0 Å². The Balaban J connectivity index is 1.17. The zero-order chi connectivity index (χ0) is 22.8. The van der Waals surface area contributed by atoms with Gasteiger partial charge in [-0.15, -0.1) is 0 Å². The molecule has 2 amide bonds. The first kappa shape index (κ1) is 21.5. The average Bonchev–Trinajstić information content (AvgIpc) is 3.52. The van der Waals surface area contributed by atoms with Crippen LogP contribution in [-0.4, -0.2) is 39.4 Å². The smallest absolute Gasteiger partial charge is 0.274 e. The Morgan fingerprint density at radius 3 is 2.67 bits per heavy atom. The summed E-state index contributed by atoms with van der Waals surface area (Å²) in [5, 5.41) is 2.92. The van der Waals surface area contributed by atoms with E-state index in [1.165, 1.54) is 5.56 Å². The third kappa shape index (κ3) is 4.57. The molecule has 8 nitrogen and oxygen atoms in total. The van der Waals surface area contributed by atoms with E-state index in [2.05, 4.69) is 41.5 Å². The molecule has 172 valence electrons. The Kier molecular flexibility index (Phi) is 6.00. The topological polar surface area (TPSA) is 89.6 Å². The molecule has 4 heterocycles. The zero-order valence-corrected chi connectivity index (χ0v) is 18.7. The molecule has 1 saturated heterocycles. The number of likely N-dealkylation sites (tertiary alicyclic amines) is 1.